The number of nitrogens with two attached hydrogens (primary N) is 1. The fraction of sp³-hybridized carbons (Fsp3) is 0.588. The second-order valence-corrected chi connectivity index (χ2v) is 5.60. The number of para-hydroxylation sites is 2. The summed E-state index contributed by atoms with van der Waals surface area (Å²) in [5.74, 6) is 0.751. The lowest BCUT2D eigenvalue weighted by molar-refractivity contribution is -0.116. The second-order valence-electron chi connectivity index (χ2n) is 5.60. The molecule has 1 aliphatic rings. The van der Waals surface area contributed by atoms with Crippen LogP contribution in [0.25, 0.3) is 0 Å². The average Bonchev–Trinajstić information content (AvgIpc) is 3.02. The maximum Gasteiger partial charge on any atom is 0.224 e. The molecule has 0 spiro atoms. The molecule has 1 heterocycles. The number of carbonyl (C=O) groups excluding carboxylic acids is 1. The van der Waals surface area contributed by atoms with Gasteiger partial charge in [-0.15, -0.1) is 12.4 Å². The quantitative estimate of drug-likeness (QED) is 0.676. The summed E-state index contributed by atoms with van der Waals surface area (Å²) in [7, 11) is 0. The molecule has 0 aromatic heterocycles. The first-order chi connectivity index (χ1) is 10.8. The highest BCUT2D eigenvalue weighted by atomic mass is 35.5. The molecule has 0 aliphatic carbocycles. The molecule has 130 valence electrons. The Morgan fingerprint density at radius 1 is 1.26 bits per heavy atom. The maximum atomic E-state index is 12.0. The zero-order valence-corrected chi connectivity index (χ0v) is 14.3. The Bertz CT molecular complexity index is 465. The molecule has 3 N–H and O–H groups in total. The monoisotopic (exact) mass is 342 g/mol. The summed E-state index contributed by atoms with van der Waals surface area (Å²) in [6.45, 7) is 2.08. The van der Waals surface area contributed by atoms with E-state index in [1.807, 2.05) is 24.3 Å². The lowest BCUT2D eigenvalue weighted by Crippen LogP contribution is -2.18. The molecule has 0 bridgehead atoms. The van der Waals surface area contributed by atoms with Crippen molar-refractivity contribution < 1.29 is 14.3 Å². The molecular formula is C17H27ClN2O3. The largest absolute Gasteiger partial charge is 0.486 e. The molecule has 1 aromatic rings. The first-order valence-corrected chi connectivity index (χ1v) is 8.13. The summed E-state index contributed by atoms with van der Waals surface area (Å²) < 4.78 is 11.2. The number of halogens is 1. The molecule has 1 aliphatic heterocycles. The molecule has 1 atom stereocenters. The number of rotatable bonds is 9. The van der Waals surface area contributed by atoms with Gasteiger partial charge in [0.1, 0.15) is 11.9 Å². The van der Waals surface area contributed by atoms with E-state index in [1.165, 1.54) is 0 Å². The van der Waals surface area contributed by atoms with E-state index in [2.05, 4.69) is 5.32 Å². The number of anilines is 1. The van der Waals surface area contributed by atoms with Gasteiger partial charge in [0.25, 0.3) is 0 Å². The van der Waals surface area contributed by atoms with E-state index in [-0.39, 0.29) is 24.4 Å². The van der Waals surface area contributed by atoms with Crippen LogP contribution in [0.1, 0.15) is 38.5 Å². The van der Waals surface area contributed by atoms with Crippen LogP contribution in [0.5, 0.6) is 5.75 Å². The summed E-state index contributed by atoms with van der Waals surface area (Å²) >= 11 is 0. The van der Waals surface area contributed by atoms with E-state index in [1.54, 1.807) is 0 Å². The van der Waals surface area contributed by atoms with Crippen LogP contribution in [0, 0.1) is 0 Å². The highest BCUT2D eigenvalue weighted by molar-refractivity contribution is 5.92. The molecule has 6 heteroatoms. The normalized spacial score (nSPS) is 16.7. The number of unbranched alkanes of at least 4 members (excludes halogenated alkanes) is 3. The number of nitrogens with one attached hydrogen (secondary N) is 1. The molecule has 1 fully saturated rings. The second kappa shape index (κ2) is 11.3. The third-order valence-corrected chi connectivity index (χ3v) is 3.70. The van der Waals surface area contributed by atoms with Crippen LogP contribution in [-0.4, -0.2) is 31.8 Å². The van der Waals surface area contributed by atoms with Gasteiger partial charge in [-0.2, -0.15) is 0 Å². The van der Waals surface area contributed by atoms with Crippen molar-refractivity contribution in [1.82, 2.24) is 0 Å². The van der Waals surface area contributed by atoms with Crippen molar-refractivity contribution in [3.63, 3.8) is 0 Å². The fourth-order valence-corrected chi connectivity index (χ4v) is 2.45. The molecule has 0 radical (unpaired) electrons. The Morgan fingerprint density at radius 3 is 2.78 bits per heavy atom. The molecule has 1 amide bonds. The van der Waals surface area contributed by atoms with Gasteiger partial charge in [0.15, 0.2) is 0 Å². The topological polar surface area (TPSA) is 73.6 Å². The molecule has 1 saturated heterocycles. The minimum atomic E-state index is 0. The van der Waals surface area contributed by atoms with E-state index in [0.29, 0.717) is 13.0 Å². The van der Waals surface area contributed by atoms with Crippen molar-refractivity contribution in [2.75, 3.05) is 25.1 Å². The maximum absolute atomic E-state index is 12.0. The van der Waals surface area contributed by atoms with Crippen LogP contribution >= 0.6 is 12.4 Å². The highest BCUT2D eigenvalue weighted by Crippen LogP contribution is 2.26. The zero-order chi connectivity index (χ0) is 15.6. The van der Waals surface area contributed by atoms with Gasteiger partial charge >= 0.3 is 0 Å². The van der Waals surface area contributed by atoms with E-state index in [0.717, 1.165) is 56.7 Å². The summed E-state index contributed by atoms with van der Waals surface area (Å²) in [6.07, 6.45) is 5.56. The Labute approximate surface area is 144 Å². The molecule has 2 rings (SSSR count). The number of ether oxygens (including phenoxy) is 2. The van der Waals surface area contributed by atoms with Gasteiger partial charge in [0.2, 0.25) is 5.91 Å². The lowest BCUT2D eigenvalue weighted by Gasteiger charge is -2.16. The molecule has 23 heavy (non-hydrogen) atoms. The van der Waals surface area contributed by atoms with Crippen molar-refractivity contribution in [3.8, 4) is 5.75 Å². The predicted molar refractivity (Wildman–Crippen MR) is 94.3 cm³/mol. The molecule has 1 unspecified atom stereocenters. The molecule has 0 saturated carbocycles. The Hall–Kier alpha value is -1.30. The minimum Gasteiger partial charge on any atom is -0.486 e. The number of hydrogen-bond donors (Lipinski definition) is 2. The average molecular weight is 343 g/mol. The molecule has 1 aromatic carbocycles. The van der Waals surface area contributed by atoms with Crippen LogP contribution < -0.4 is 15.8 Å². The Balaban J connectivity index is 0.00000264. The predicted octanol–water partition coefficient (Wildman–Crippen LogP) is 3.12. The minimum absolute atomic E-state index is 0. The summed E-state index contributed by atoms with van der Waals surface area (Å²) in [5.41, 5.74) is 6.19. The van der Waals surface area contributed by atoms with Gasteiger partial charge in [-0.05, 0) is 31.5 Å². The third kappa shape index (κ3) is 7.20. The summed E-state index contributed by atoms with van der Waals surface area (Å²) in [6, 6.07) is 7.56. The van der Waals surface area contributed by atoms with E-state index in [4.69, 9.17) is 15.2 Å². The first-order valence-electron chi connectivity index (χ1n) is 8.13. The van der Waals surface area contributed by atoms with Crippen LogP contribution in [0.4, 0.5) is 5.69 Å². The van der Waals surface area contributed by atoms with Crippen molar-refractivity contribution >= 4 is 24.0 Å². The van der Waals surface area contributed by atoms with Crippen LogP contribution in [0.3, 0.4) is 0 Å². The van der Waals surface area contributed by atoms with E-state index < -0.39 is 0 Å². The van der Waals surface area contributed by atoms with Crippen molar-refractivity contribution in [2.24, 2.45) is 5.73 Å². The molecular weight excluding hydrogens is 316 g/mol. The number of hydrogen-bond acceptors (Lipinski definition) is 4. The number of benzene rings is 1. The van der Waals surface area contributed by atoms with Gasteiger partial charge in [0.05, 0.1) is 18.9 Å². The van der Waals surface area contributed by atoms with Gasteiger partial charge in [-0.25, -0.2) is 0 Å². The smallest absolute Gasteiger partial charge is 0.224 e. The van der Waals surface area contributed by atoms with Gasteiger partial charge < -0.3 is 20.5 Å². The lowest BCUT2D eigenvalue weighted by atomic mass is 10.1. The van der Waals surface area contributed by atoms with Crippen LogP contribution in [0.15, 0.2) is 24.3 Å². The van der Waals surface area contributed by atoms with Crippen molar-refractivity contribution in [3.05, 3.63) is 24.3 Å². The van der Waals surface area contributed by atoms with Gasteiger partial charge in [0, 0.05) is 12.8 Å². The number of amides is 1. The summed E-state index contributed by atoms with van der Waals surface area (Å²) in [5, 5.41) is 2.95. The van der Waals surface area contributed by atoms with Gasteiger partial charge in [-0.1, -0.05) is 25.0 Å². The zero-order valence-electron chi connectivity index (χ0n) is 13.5. The first kappa shape index (κ1) is 19.7. The summed E-state index contributed by atoms with van der Waals surface area (Å²) in [4.78, 5) is 12.0. The Morgan fingerprint density at radius 2 is 2.04 bits per heavy atom. The number of carbonyl (C=O) groups is 1. The standard InChI is InChI=1S/C17H26N2O3.ClH/c18-11-6-2-1-3-9-17(20)19-15-7-4-5-8-16(15)22-14-10-12-21-13-14;/h4-5,7-8,14H,1-3,6,9-13,18H2,(H,19,20);1H. The van der Waals surface area contributed by atoms with E-state index >= 15 is 0 Å². The van der Waals surface area contributed by atoms with Gasteiger partial charge in [-0.3, -0.25) is 4.79 Å². The van der Waals surface area contributed by atoms with Crippen LogP contribution in [-0.2, 0) is 9.53 Å². The highest BCUT2D eigenvalue weighted by Gasteiger charge is 2.18. The van der Waals surface area contributed by atoms with Crippen molar-refractivity contribution in [2.45, 2.75) is 44.6 Å². The Kier molecular flexibility index (Phi) is 9.67. The fourth-order valence-electron chi connectivity index (χ4n) is 2.45. The van der Waals surface area contributed by atoms with E-state index in [9.17, 15) is 4.79 Å². The molecule has 5 nitrogen and oxygen atoms in total. The van der Waals surface area contributed by atoms with Crippen molar-refractivity contribution in [1.29, 1.82) is 0 Å². The SMILES string of the molecule is Cl.NCCCCCCC(=O)Nc1ccccc1OC1CCOC1. The van der Waals surface area contributed by atoms with Crippen LogP contribution in [0.2, 0.25) is 0 Å². The third-order valence-electron chi connectivity index (χ3n) is 3.70.